The lowest BCUT2D eigenvalue weighted by molar-refractivity contribution is 0.111. The first-order chi connectivity index (χ1) is 18.2. The molecule has 0 aliphatic rings. The van der Waals surface area contributed by atoms with Crippen molar-refractivity contribution < 1.29 is 29.3 Å². The van der Waals surface area contributed by atoms with E-state index in [0.717, 1.165) is 0 Å². The number of aldehydes is 2. The Balaban J connectivity index is 1.56. The molecule has 12 heteroatoms. The molecule has 194 valence electrons. The zero-order valence-electron chi connectivity index (χ0n) is 19.1. The highest BCUT2D eigenvalue weighted by atomic mass is 79.9. The van der Waals surface area contributed by atoms with Crippen molar-refractivity contribution in [2.75, 3.05) is 0 Å². The lowest BCUT2D eigenvalue weighted by Crippen LogP contribution is -2.02. The summed E-state index contributed by atoms with van der Waals surface area (Å²) in [6.45, 7) is 0.0527. The maximum absolute atomic E-state index is 11.0. The summed E-state index contributed by atoms with van der Waals surface area (Å²) in [5.41, 5.74) is 2.62. The number of pyridine rings is 2. The molecule has 0 amide bonds. The van der Waals surface area contributed by atoms with Crippen LogP contribution in [0.25, 0.3) is 11.1 Å². The fourth-order valence-corrected chi connectivity index (χ4v) is 4.88. The van der Waals surface area contributed by atoms with Crippen LogP contribution in [0.4, 0.5) is 0 Å². The SMILES string of the molecule is O=Cc1cc(Br)c(OCc2cccc(-c3cccc(COc4nc(O)c(C=O)cc4Br)c3Cl)c2Cl)nc1O. The van der Waals surface area contributed by atoms with E-state index in [0.29, 0.717) is 53.8 Å². The van der Waals surface area contributed by atoms with Crippen LogP contribution in [-0.4, -0.2) is 32.8 Å². The summed E-state index contributed by atoms with van der Waals surface area (Å²) in [4.78, 5) is 29.8. The van der Waals surface area contributed by atoms with Crippen molar-refractivity contribution in [3.63, 3.8) is 0 Å². The number of carbonyl (C=O) groups excluding carboxylic acids is 2. The topological polar surface area (TPSA) is 119 Å². The first-order valence-corrected chi connectivity index (χ1v) is 13.1. The lowest BCUT2D eigenvalue weighted by atomic mass is 10.0. The number of nitrogens with zero attached hydrogens (tertiary/aromatic N) is 2. The second-order valence-electron chi connectivity index (χ2n) is 7.75. The van der Waals surface area contributed by atoms with Gasteiger partial charge in [-0.3, -0.25) is 9.59 Å². The third-order valence-corrected chi connectivity index (χ3v) is 7.36. The van der Waals surface area contributed by atoms with E-state index in [9.17, 15) is 19.8 Å². The van der Waals surface area contributed by atoms with E-state index in [1.165, 1.54) is 12.1 Å². The number of ether oxygens (including phenoxy) is 2. The first-order valence-electron chi connectivity index (χ1n) is 10.7. The average molecular weight is 683 g/mol. The molecule has 2 N–H and O–H groups in total. The number of carbonyl (C=O) groups is 2. The predicted molar refractivity (Wildman–Crippen MR) is 149 cm³/mol. The molecule has 0 unspecified atom stereocenters. The van der Waals surface area contributed by atoms with Gasteiger partial charge in [0.2, 0.25) is 23.5 Å². The summed E-state index contributed by atoms with van der Waals surface area (Å²) in [5, 5.41) is 20.5. The molecule has 0 saturated heterocycles. The molecule has 0 bridgehead atoms. The summed E-state index contributed by atoms with van der Waals surface area (Å²) in [6, 6.07) is 13.6. The van der Waals surface area contributed by atoms with E-state index in [1.54, 1.807) is 24.3 Å². The normalized spacial score (nSPS) is 10.7. The molecule has 0 fully saturated rings. The average Bonchev–Trinajstić information content (AvgIpc) is 2.90. The van der Waals surface area contributed by atoms with Gasteiger partial charge in [-0.15, -0.1) is 0 Å². The van der Waals surface area contributed by atoms with E-state index < -0.39 is 11.8 Å². The van der Waals surface area contributed by atoms with Crippen LogP contribution in [0, 0.1) is 0 Å². The van der Waals surface area contributed by atoms with Crippen molar-refractivity contribution in [2.45, 2.75) is 13.2 Å². The number of aromatic nitrogens is 2. The number of rotatable bonds is 9. The van der Waals surface area contributed by atoms with Gasteiger partial charge in [0, 0.05) is 22.3 Å². The Morgan fingerprint density at radius 2 is 1.13 bits per heavy atom. The van der Waals surface area contributed by atoms with Crippen LogP contribution in [0.1, 0.15) is 31.8 Å². The Kier molecular flexibility index (Phi) is 8.88. The maximum Gasteiger partial charge on any atom is 0.231 e. The standard InChI is InChI=1S/C26H16Br2Cl2N2O6/c27-19-7-15(9-33)23(35)31-25(19)37-11-13-3-1-5-17(21(13)29)18-6-2-4-14(22(18)30)12-38-26-20(28)8-16(10-34)24(36)32-26/h1-10H,11-12H2,(H,31,35)(H,32,36). The molecule has 0 spiro atoms. The molecule has 0 atom stereocenters. The third-order valence-electron chi connectivity index (χ3n) is 5.33. The summed E-state index contributed by atoms with van der Waals surface area (Å²) < 4.78 is 12.3. The smallest absolute Gasteiger partial charge is 0.231 e. The Labute approximate surface area is 243 Å². The van der Waals surface area contributed by atoms with Gasteiger partial charge in [-0.2, -0.15) is 9.97 Å². The molecule has 0 radical (unpaired) electrons. The molecule has 4 rings (SSSR count). The quantitative estimate of drug-likeness (QED) is 0.179. The second kappa shape index (κ2) is 12.1. The largest absolute Gasteiger partial charge is 0.493 e. The Hall–Kier alpha value is -3.18. The number of aromatic hydroxyl groups is 2. The number of halogens is 4. The Bertz CT molecular complexity index is 1440. The summed E-state index contributed by atoms with van der Waals surface area (Å²) >= 11 is 20.0. The molecule has 38 heavy (non-hydrogen) atoms. The molecule has 0 saturated carbocycles. The van der Waals surface area contributed by atoms with E-state index in [4.69, 9.17) is 32.7 Å². The van der Waals surface area contributed by atoms with Crippen molar-refractivity contribution in [1.29, 1.82) is 0 Å². The highest BCUT2D eigenvalue weighted by Crippen LogP contribution is 2.38. The van der Waals surface area contributed by atoms with Crippen molar-refractivity contribution in [3.05, 3.63) is 89.8 Å². The third kappa shape index (κ3) is 5.94. The van der Waals surface area contributed by atoms with Crippen molar-refractivity contribution in [2.24, 2.45) is 0 Å². The summed E-state index contributed by atoms with van der Waals surface area (Å²) in [5.74, 6) is -0.695. The van der Waals surface area contributed by atoms with Crippen molar-refractivity contribution in [3.8, 4) is 34.6 Å². The van der Waals surface area contributed by atoms with Crippen LogP contribution in [0.3, 0.4) is 0 Å². The maximum atomic E-state index is 11.0. The van der Waals surface area contributed by atoms with Crippen LogP contribution >= 0.6 is 55.1 Å². The molecule has 8 nitrogen and oxygen atoms in total. The van der Waals surface area contributed by atoms with E-state index >= 15 is 0 Å². The second-order valence-corrected chi connectivity index (χ2v) is 10.2. The van der Waals surface area contributed by atoms with Crippen LogP contribution < -0.4 is 9.47 Å². The molecule has 2 aromatic heterocycles. The molecule has 4 aromatic rings. The number of hydrogen-bond donors (Lipinski definition) is 2. The Morgan fingerprint density at radius 3 is 1.50 bits per heavy atom. The molecular weight excluding hydrogens is 667 g/mol. The van der Waals surface area contributed by atoms with E-state index in [-0.39, 0.29) is 36.1 Å². The monoisotopic (exact) mass is 680 g/mol. The van der Waals surface area contributed by atoms with Gasteiger partial charge < -0.3 is 19.7 Å². The van der Waals surface area contributed by atoms with Gasteiger partial charge in [0.1, 0.15) is 13.2 Å². The van der Waals surface area contributed by atoms with Crippen LogP contribution in [-0.2, 0) is 13.2 Å². The van der Waals surface area contributed by atoms with Gasteiger partial charge in [0.15, 0.2) is 12.6 Å². The Morgan fingerprint density at radius 1 is 0.737 bits per heavy atom. The zero-order valence-corrected chi connectivity index (χ0v) is 23.8. The van der Waals surface area contributed by atoms with Crippen LogP contribution in [0.15, 0.2) is 57.5 Å². The molecule has 2 aromatic carbocycles. The highest BCUT2D eigenvalue weighted by molar-refractivity contribution is 9.10. The van der Waals surface area contributed by atoms with Crippen molar-refractivity contribution in [1.82, 2.24) is 9.97 Å². The zero-order chi connectivity index (χ0) is 27.4. The van der Waals surface area contributed by atoms with E-state index in [1.807, 2.05) is 12.1 Å². The fourth-order valence-electron chi connectivity index (χ4n) is 3.42. The molecule has 2 heterocycles. The molecule has 0 aliphatic carbocycles. The number of hydrogen-bond acceptors (Lipinski definition) is 8. The highest BCUT2D eigenvalue weighted by Gasteiger charge is 2.17. The van der Waals surface area contributed by atoms with Gasteiger partial charge in [0.05, 0.1) is 30.1 Å². The van der Waals surface area contributed by atoms with Gasteiger partial charge in [-0.25, -0.2) is 0 Å². The van der Waals surface area contributed by atoms with Crippen LogP contribution in [0.2, 0.25) is 10.0 Å². The van der Waals surface area contributed by atoms with Gasteiger partial charge in [-0.1, -0.05) is 59.6 Å². The van der Waals surface area contributed by atoms with Crippen molar-refractivity contribution >= 4 is 67.6 Å². The predicted octanol–water partition coefficient (Wildman–Crippen LogP) is 7.17. The number of benzene rings is 2. The van der Waals surface area contributed by atoms with Gasteiger partial charge >= 0.3 is 0 Å². The fraction of sp³-hybridized carbons (Fsp3) is 0.0769. The molecular formula is C26H16Br2Cl2N2O6. The van der Waals surface area contributed by atoms with E-state index in [2.05, 4.69) is 41.8 Å². The molecule has 0 aliphatic heterocycles. The minimum atomic E-state index is -0.444. The van der Waals surface area contributed by atoms with Gasteiger partial charge in [0.25, 0.3) is 0 Å². The summed E-state index contributed by atoms with van der Waals surface area (Å²) in [7, 11) is 0. The minimum Gasteiger partial charge on any atom is -0.493 e. The van der Waals surface area contributed by atoms with Gasteiger partial charge in [-0.05, 0) is 44.0 Å². The summed E-state index contributed by atoms with van der Waals surface area (Å²) in [6.07, 6.45) is 0.978. The first kappa shape index (κ1) is 27.8. The van der Waals surface area contributed by atoms with Crippen LogP contribution in [0.5, 0.6) is 23.5 Å². The minimum absolute atomic E-state index is 0.0263. The lowest BCUT2D eigenvalue weighted by Gasteiger charge is -2.15.